The third-order valence-electron chi connectivity index (χ3n) is 3.80. The lowest BCUT2D eigenvalue weighted by Gasteiger charge is -2.30. The SMILES string of the molecule is CN(C=S)CC(=S)N1CCc2c([nH]c3ccccc23)C1. The van der Waals surface area contributed by atoms with Crippen molar-refractivity contribution in [3.63, 3.8) is 0 Å². The van der Waals surface area contributed by atoms with E-state index < -0.39 is 0 Å². The average Bonchev–Trinajstić information content (AvgIpc) is 2.84. The van der Waals surface area contributed by atoms with Crippen molar-refractivity contribution in [2.75, 3.05) is 20.1 Å². The summed E-state index contributed by atoms with van der Waals surface area (Å²) in [6.07, 6.45) is 1.04. The molecule has 1 aromatic heterocycles. The highest BCUT2D eigenvalue weighted by Gasteiger charge is 2.22. The average molecular weight is 303 g/mol. The minimum Gasteiger partial charge on any atom is -0.365 e. The standard InChI is InChI=1S/C15H17N3S2/c1-17(10-19)9-15(20)18-7-6-12-11-4-2-3-5-13(11)16-14(12)8-18/h2-5,10,16H,6-9H2,1H3. The van der Waals surface area contributed by atoms with Crippen LogP contribution in [0.2, 0.25) is 0 Å². The number of nitrogens with one attached hydrogen (secondary N) is 1. The monoisotopic (exact) mass is 303 g/mol. The molecule has 5 heteroatoms. The third kappa shape index (κ3) is 2.43. The highest BCUT2D eigenvalue weighted by atomic mass is 32.1. The van der Waals surface area contributed by atoms with E-state index in [-0.39, 0.29) is 0 Å². The largest absolute Gasteiger partial charge is 0.365 e. The Morgan fingerprint density at radius 3 is 3.05 bits per heavy atom. The van der Waals surface area contributed by atoms with Crippen LogP contribution in [0.1, 0.15) is 11.3 Å². The number of hydrogen-bond donors (Lipinski definition) is 1. The topological polar surface area (TPSA) is 22.3 Å². The smallest absolute Gasteiger partial charge is 0.0979 e. The van der Waals surface area contributed by atoms with E-state index >= 15 is 0 Å². The first-order valence-electron chi connectivity index (χ1n) is 6.71. The van der Waals surface area contributed by atoms with Gasteiger partial charge in [-0.25, -0.2) is 0 Å². The molecule has 1 aromatic carbocycles. The van der Waals surface area contributed by atoms with Crippen molar-refractivity contribution in [1.29, 1.82) is 0 Å². The molecule has 1 aliphatic heterocycles. The van der Waals surface area contributed by atoms with Gasteiger partial charge in [-0.2, -0.15) is 0 Å². The van der Waals surface area contributed by atoms with Crippen LogP contribution in [0.25, 0.3) is 10.9 Å². The normalized spacial score (nSPS) is 14.2. The number of fused-ring (bicyclic) bond motifs is 3. The molecule has 0 unspecified atom stereocenters. The van der Waals surface area contributed by atoms with Crippen molar-refractivity contribution in [2.45, 2.75) is 13.0 Å². The van der Waals surface area contributed by atoms with E-state index in [0.717, 1.165) is 24.5 Å². The zero-order valence-electron chi connectivity index (χ0n) is 11.4. The second-order valence-electron chi connectivity index (χ2n) is 5.21. The predicted molar refractivity (Wildman–Crippen MR) is 91.3 cm³/mol. The fourth-order valence-corrected chi connectivity index (χ4v) is 3.19. The molecule has 2 aromatic rings. The number of likely N-dealkylation sites (N-methyl/N-ethyl adjacent to an activating group) is 1. The zero-order valence-corrected chi connectivity index (χ0v) is 13.1. The zero-order chi connectivity index (χ0) is 14.1. The molecular weight excluding hydrogens is 286 g/mol. The number of hydrogen-bond acceptors (Lipinski definition) is 2. The van der Waals surface area contributed by atoms with Gasteiger partial charge in [0.25, 0.3) is 0 Å². The minimum atomic E-state index is 0.717. The Morgan fingerprint density at radius 2 is 2.25 bits per heavy atom. The van der Waals surface area contributed by atoms with Gasteiger partial charge in [-0.3, -0.25) is 0 Å². The van der Waals surface area contributed by atoms with Gasteiger partial charge in [-0.15, -0.1) is 0 Å². The highest BCUT2D eigenvalue weighted by molar-refractivity contribution is 7.80. The summed E-state index contributed by atoms with van der Waals surface area (Å²) in [5, 5.41) is 1.35. The molecule has 0 amide bonds. The summed E-state index contributed by atoms with van der Waals surface area (Å²) in [6.45, 7) is 2.57. The van der Waals surface area contributed by atoms with E-state index in [1.165, 1.54) is 22.2 Å². The fraction of sp³-hybridized carbons (Fsp3) is 0.333. The molecule has 0 atom stereocenters. The van der Waals surface area contributed by atoms with E-state index in [4.69, 9.17) is 24.4 Å². The van der Waals surface area contributed by atoms with Gasteiger partial charge in [0.15, 0.2) is 0 Å². The molecule has 2 heterocycles. The Labute approximate surface area is 129 Å². The maximum absolute atomic E-state index is 5.53. The molecule has 0 fully saturated rings. The van der Waals surface area contributed by atoms with Crippen molar-refractivity contribution in [1.82, 2.24) is 14.8 Å². The van der Waals surface area contributed by atoms with E-state index in [9.17, 15) is 0 Å². The number of benzene rings is 1. The number of para-hydroxylation sites is 1. The lowest BCUT2D eigenvalue weighted by Crippen LogP contribution is -2.40. The summed E-state index contributed by atoms with van der Waals surface area (Å²) in [4.78, 5) is 8.69. The Morgan fingerprint density at radius 1 is 1.45 bits per heavy atom. The highest BCUT2D eigenvalue weighted by Crippen LogP contribution is 2.27. The van der Waals surface area contributed by atoms with Crippen molar-refractivity contribution in [2.24, 2.45) is 0 Å². The Kier molecular flexibility index (Phi) is 3.72. The molecule has 0 saturated heterocycles. The number of H-pyrrole nitrogens is 1. The summed E-state index contributed by atoms with van der Waals surface area (Å²) < 4.78 is 0. The van der Waals surface area contributed by atoms with Crippen LogP contribution in [-0.2, 0) is 13.0 Å². The van der Waals surface area contributed by atoms with Crippen LogP contribution in [0, 0.1) is 0 Å². The van der Waals surface area contributed by atoms with Gasteiger partial charge >= 0.3 is 0 Å². The van der Waals surface area contributed by atoms with Gasteiger partial charge < -0.3 is 14.8 Å². The number of rotatable bonds is 3. The molecule has 104 valence electrons. The molecule has 0 radical (unpaired) electrons. The van der Waals surface area contributed by atoms with Crippen LogP contribution in [0.3, 0.4) is 0 Å². The number of thiocarbonyl (C=S) groups is 2. The second kappa shape index (κ2) is 5.50. The van der Waals surface area contributed by atoms with Gasteiger partial charge in [0.1, 0.15) is 0 Å². The van der Waals surface area contributed by atoms with Crippen LogP contribution >= 0.6 is 24.4 Å². The van der Waals surface area contributed by atoms with E-state index in [2.05, 4.69) is 34.1 Å². The molecule has 0 saturated carbocycles. The van der Waals surface area contributed by atoms with Crippen LogP contribution in [-0.4, -0.2) is 45.4 Å². The van der Waals surface area contributed by atoms with Crippen molar-refractivity contribution in [3.8, 4) is 0 Å². The van der Waals surface area contributed by atoms with Crippen molar-refractivity contribution in [3.05, 3.63) is 35.5 Å². The van der Waals surface area contributed by atoms with Gasteiger partial charge in [0, 0.05) is 30.2 Å². The quantitative estimate of drug-likeness (QED) is 0.880. The summed E-state index contributed by atoms with van der Waals surface area (Å²) in [5.74, 6) is 0. The molecule has 1 N–H and O–H groups in total. The first kappa shape index (κ1) is 13.5. The minimum absolute atomic E-state index is 0.717. The molecule has 3 nitrogen and oxygen atoms in total. The van der Waals surface area contributed by atoms with E-state index in [1.54, 1.807) is 5.49 Å². The third-order valence-corrected chi connectivity index (χ3v) is 4.55. The summed E-state index contributed by atoms with van der Waals surface area (Å²) in [5.41, 5.74) is 5.61. The molecule has 20 heavy (non-hydrogen) atoms. The Balaban J connectivity index is 1.82. The van der Waals surface area contributed by atoms with Gasteiger partial charge in [-0.05, 0) is 18.1 Å². The molecule has 1 aliphatic rings. The van der Waals surface area contributed by atoms with E-state index in [1.807, 2.05) is 11.9 Å². The van der Waals surface area contributed by atoms with Crippen molar-refractivity contribution < 1.29 is 0 Å². The van der Waals surface area contributed by atoms with Gasteiger partial charge in [-0.1, -0.05) is 42.6 Å². The van der Waals surface area contributed by atoms with Crippen LogP contribution < -0.4 is 0 Å². The molecule has 0 spiro atoms. The lowest BCUT2D eigenvalue weighted by atomic mass is 10.0. The maximum atomic E-state index is 5.53. The first-order chi connectivity index (χ1) is 9.69. The van der Waals surface area contributed by atoms with Crippen LogP contribution in [0.4, 0.5) is 0 Å². The maximum Gasteiger partial charge on any atom is 0.0979 e. The molecule has 0 bridgehead atoms. The lowest BCUT2D eigenvalue weighted by molar-refractivity contribution is 0.382. The summed E-state index contributed by atoms with van der Waals surface area (Å²) in [6, 6.07) is 8.50. The summed E-state index contributed by atoms with van der Waals surface area (Å²) in [7, 11) is 1.96. The number of aromatic nitrogens is 1. The molecule has 0 aliphatic carbocycles. The number of aromatic amines is 1. The fourth-order valence-electron chi connectivity index (χ4n) is 2.76. The summed E-state index contributed by atoms with van der Waals surface area (Å²) >= 11 is 10.4. The van der Waals surface area contributed by atoms with Crippen LogP contribution in [0.5, 0.6) is 0 Å². The molecule has 3 rings (SSSR count). The predicted octanol–water partition coefficient (Wildman–Crippen LogP) is 2.74. The van der Waals surface area contributed by atoms with E-state index in [0.29, 0.717) is 6.54 Å². The number of nitrogens with zero attached hydrogens (tertiary/aromatic N) is 2. The van der Waals surface area contributed by atoms with Crippen LogP contribution in [0.15, 0.2) is 24.3 Å². The van der Waals surface area contributed by atoms with Gasteiger partial charge in [0.2, 0.25) is 0 Å². The Hall–Kier alpha value is -1.46. The second-order valence-corrected chi connectivity index (χ2v) is 5.90. The van der Waals surface area contributed by atoms with Crippen molar-refractivity contribution >= 4 is 45.8 Å². The Bertz CT molecular complexity index is 662. The first-order valence-corrected chi connectivity index (χ1v) is 7.59. The molecular formula is C15H17N3S2. The van der Waals surface area contributed by atoms with Gasteiger partial charge in [0.05, 0.1) is 23.6 Å².